The molecule has 0 bridgehead atoms. The maximum atomic E-state index is 11.2. The predicted molar refractivity (Wildman–Crippen MR) is 78.4 cm³/mol. The van der Waals surface area contributed by atoms with Crippen LogP contribution in [0.2, 0.25) is 0 Å². The second kappa shape index (κ2) is 6.17. The Labute approximate surface area is 121 Å². The van der Waals surface area contributed by atoms with E-state index in [0.717, 1.165) is 5.56 Å². The minimum atomic E-state index is -0.468. The van der Waals surface area contributed by atoms with Gasteiger partial charge in [-0.1, -0.05) is 19.9 Å². The van der Waals surface area contributed by atoms with Gasteiger partial charge in [0.25, 0.3) is 0 Å². The van der Waals surface area contributed by atoms with E-state index in [9.17, 15) is 10.1 Å². The van der Waals surface area contributed by atoms with Crippen LogP contribution in [0.3, 0.4) is 0 Å². The van der Waals surface area contributed by atoms with Crippen molar-refractivity contribution >= 4 is 11.5 Å². The van der Waals surface area contributed by atoms with Crippen LogP contribution in [-0.4, -0.2) is 14.9 Å². The molecule has 1 aromatic heterocycles. The molecule has 0 aliphatic rings. The average Bonchev–Trinajstić information content (AvgIpc) is 2.47. The van der Waals surface area contributed by atoms with E-state index in [1.54, 1.807) is 12.1 Å². The molecule has 0 aliphatic heterocycles. The van der Waals surface area contributed by atoms with Crippen LogP contribution < -0.4 is 10.5 Å². The van der Waals surface area contributed by atoms with Gasteiger partial charge in [-0.15, -0.1) is 0 Å². The van der Waals surface area contributed by atoms with Gasteiger partial charge in [0.1, 0.15) is 12.1 Å². The van der Waals surface area contributed by atoms with E-state index in [4.69, 9.17) is 10.5 Å². The summed E-state index contributed by atoms with van der Waals surface area (Å²) in [5.41, 5.74) is 7.17. The highest BCUT2D eigenvalue weighted by Gasteiger charge is 2.19. The normalized spacial score (nSPS) is 10.4. The van der Waals surface area contributed by atoms with Crippen molar-refractivity contribution in [3.63, 3.8) is 0 Å². The fourth-order valence-electron chi connectivity index (χ4n) is 1.95. The van der Waals surface area contributed by atoms with Gasteiger partial charge in [-0.05, 0) is 24.5 Å². The zero-order chi connectivity index (χ0) is 15.4. The fraction of sp³-hybridized carbons (Fsp3) is 0.286. The summed E-state index contributed by atoms with van der Waals surface area (Å²) in [4.78, 5) is 18.6. The van der Waals surface area contributed by atoms with Gasteiger partial charge in [0.15, 0.2) is 0 Å². The maximum Gasteiger partial charge on any atom is 0.311 e. The van der Waals surface area contributed by atoms with Crippen molar-refractivity contribution in [2.75, 3.05) is 5.73 Å². The number of benzene rings is 1. The Balaban J connectivity index is 2.44. The molecule has 0 saturated carbocycles. The van der Waals surface area contributed by atoms with Crippen LogP contribution in [-0.2, 0) is 12.8 Å². The molecule has 2 rings (SSSR count). The van der Waals surface area contributed by atoms with E-state index in [2.05, 4.69) is 9.97 Å². The number of nitrogens with zero attached hydrogens (tertiary/aromatic N) is 3. The molecule has 7 heteroatoms. The summed E-state index contributed by atoms with van der Waals surface area (Å²) in [6.07, 6.45) is 2.56. The Morgan fingerprint density at radius 2 is 2.05 bits per heavy atom. The number of nitro groups is 1. The molecule has 0 unspecified atom stereocenters. The van der Waals surface area contributed by atoms with Crippen molar-refractivity contribution in [3.8, 4) is 11.6 Å². The molecule has 7 nitrogen and oxygen atoms in total. The molecule has 0 radical (unpaired) electrons. The van der Waals surface area contributed by atoms with Gasteiger partial charge in [0, 0.05) is 6.07 Å². The van der Waals surface area contributed by atoms with E-state index in [-0.39, 0.29) is 17.3 Å². The molecule has 2 N–H and O–H groups in total. The maximum absolute atomic E-state index is 11.2. The number of nitrogen functional groups attached to an aromatic ring is 1. The molecule has 1 aromatic carbocycles. The van der Waals surface area contributed by atoms with Crippen molar-refractivity contribution in [2.45, 2.75) is 26.7 Å². The van der Waals surface area contributed by atoms with E-state index >= 15 is 0 Å². The van der Waals surface area contributed by atoms with Gasteiger partial charge in [0.2, 0.25) is 11.6 Å². The molecule has 0 atom stereocenters. The number of nitrogens with two attached hydrogens (primary N) is 1. The lowest BCUT2D eigenvalue weighted by atomic mass is 10.1. The first-order valence-electron chi connectivity index (χ1n) is 6.61. The Bertz CT molecular complexity index is 673. The molecule has 2 aromatic rings. The Kier molecular flexibility index (Phi) is 4.32. The molecule has 0 saturated heterocycles. The van der Waals surface area contributed by atoms with Gasteiger partial charge in [0.05, 0.1) is 10.5 Å². The molecule has 0 amide bonds. The summed E-state index contributed by atoms with van der Waals surface area (Å²) in [6, 6.07) is 4.87. The third-order valence-electron chi connectivity index (χ3n) is 3.13. The zero-order valence-corrected chi connectivity index (χ0v) is 11.9. The number of ether oxygens (including phenoxy) is 1. The summed E-state index contributed by atoms with van der Waals surface area (Å²) in [6.45, 7) is 3.82. The van der Waals surface area contributed by atoms with Crippen molar-refractivity contribution in [1.82, 2.24) is 9.97 Å². The molecule has 110 valence electrons. The molecule has 0 spiro atoms. The summed E-state index contributed by atoms with van der Waals surface area (Å²) in [7, 11) is 0. The number of nitro benzene ring substituents is 1. The number of aromatic nitrogens is 2. The number of aryl methyl sites for hydroxylation is 1. The van der Waals surface area contributed by atoms with Crippen LogP contribution in [0, 0.1) is 10.1 Å². The van der Waals surface area contributed by atoms with Crippen molar-refractivity contribution < 1.29 is 9.66 Å². The van der Waals surface area contributed by atoms with Gasteiger partial charge >= 0.3 is 5.69 Å². The van der Waals surface area contributed by atoms with Crippen molar-refractivity contribution in [2.24, 2.45) is 0 Å². The van der Waals surface area contributed by atoms with Gasteiger partial charge in [-0.3, -0.25) is 10.1 Å². The quantitative estimate of drug-likeness (QED) is 0.670. The lowest BCUT2D eigenvalue weighted by Gasteiger charge is -2.10. The zero-order valence-electron chi connectivity index (χ0n) is 11.9. The fourth-order valence-corrected chi connectivity index (χ4v) is 1.95. The Morgan fingerprint density at radius 3 is 2.67 bits per heavy atom. The lowest BCUT2D eigenvalue weighted by Crippen LogP contribution is -2.03. The average molecular weight is 288 g/mol. The predicted octanol–water partition coefficient (Wildman–Crippen LogP) is 2.88. The van der Waals surface area contributed by atoms with Crippen LogP contribution in [0.4, 0.5) is 11.5 Å². The first kappa shape index (κ1) is 14.7. The minimum absolute atomic E-state index is 0.0893. The molecule has 1 heterocycles. The van der Waals surface area contributed by atoms with Gasteiger partial charge < -0.3 is 10.5 Å². The summed E-state index contributed by atoms with van der Waals surface area (Å²) >= 11 is 0. The smallest absolute Gasteiger partial charge is 0.311 e. The number of hydrogen-bond donors (Lipinski definition) is 1. The summed E-state index contributed by atoms with van der Waals surface area (Å²) in [5.74, 6) is 0.706. The number of anilines is 1. The van der Waals surface area contributed by atoms with Crippen molar-refractivity contribution in [1.29, 1.82) is 0 Å². The summed E-state index contributed by atoms with van der Waals surface area (Å²) < 4.78 is 5.60. The van der Waals surface area contributed by atoms with E-state index in [1.807, 2.05) is 13.8 Å². The second-order valence-electron chi connectivity index (χ2n) is 4.41. The molecule has 0 fully saturated rings. The third-order valence-corrected chi connectivity index (χ3v) is 3.13. The Morgan fingerprint density at radius 1 is 1.29 bits per heavy atom. The first-order chi connectivity index (χ1) is 10.1. The molecule has 21 heavy (non-hydrogen) atoms. The van der Waals surface area contributed by atoms with Crippen LogP contribution in [0.15, 0.2) is 24.5 Å². The monoisotopic (exact) mass is 288 g/mol. The molecular weight excluding hydrogens is 272 g/mol. The highest BCUT2D eigenvalue weighted by Crippen LogP contribution is 2.33. The van der Waals surface area contributed by atoms with E-state index < -0.39 is 4.92 Å². The topological polar surface area (TPSA) is 104 Å². The van der Waals surface area contributed by atoms with Crippen LogP contribution in [0.25, 0.3) is 0 Å². The lowest BCUT2D eigenvalue weighted by molar-refractivity contribution is -0.385. The van der Waals surface area contributed by atoms with E-state index in [0.29, 0.717) is 24.2 Å². The second-order valence-corrected chi connectivity index (χ2v) is 4.41. The number of rotatable bonds is 5. The molecular formula is C14H16N4O3. The Hall–Kier alpha value is -2.70. The van der Waals surface area contributed by atoms with Gasteiger partial charge in [-0.25, -0.2) is 9.97 Å². The van der Waals surface area contributed by atoms with E-state index in [1.165, 1.54) is 12.4 Å². The SMILES string of the molecule is CCc1ccc(Oc2ncnc(N)c2CC)c([N+](=O)[O-])c1. The largest absolute Gasteiger partial charge is 0.431 e. The minimum Gasteiger partial charge on any atom is -0.431 e. The highest BCUT2D eigenvalue weighted by atomic mass is 16.6. The molecule has 0 aliphatic carbocycles. The van der Waals surface area contributed by atoms with Crippen molar-refractivity contribution in [3.05, 3.63) is 45.8 Å². The standard InChI is InChI=1S/C14H16N4O3/c1-3-9-5-6-12(11(7-9)18(19)20)21-14-10(4-2)13(15)16-8-17-14/h5-8H,3-4H2,1-2H3,(H2,15,16,17). The first-order valence-corrected chi connectivity index (χ1v) is 6.61. The van der Waals surface area contributed by atoms with Crippen LogP contribution in [0.1, 0.15) is 25.0 Å². The van der Waals surface area contributed by atoms with Crippen LogP contribution >= 0.6 is 0 Å². The van der Waals surface area contributed by atoms with Gasteiger partial charge in [-0.2, -0.15) is 0 Å². The van der Waals surface area contributed by atoms with Crippen LogP contribution in [0.5, 0.6) is 11.6 Å². The number of hydrogen-bond acceptors (Lipinski definition) is 6. The third kappa shape index (κ3) is 3.07. The highest BCUT2D eigenvalue weighted by molar-refractivity contribution is 5.52. The summed E-state index contributed by atoms with van der Waals surface area (Å²) in [5, 5.41) is 11.2.